The number of piperidine rings is 1. The molecule has 3 rings (SSSR count). The third-order valence-electron chi connectivity index (χ3n) is 6.15. The molecule has 29 heavy (non-hydrogen) atoms. The number of halogens is 1. The third-order valence-corrected chi connectivity index (χ3v) is 6.46. The maximum Gasteiger partial charge on any atom is 0.239 e. The van der Waals surface area contributed by atoms with Crippen LogP contribution in [0.25, 0.3) is 0 Å². The van der Waals surface area contributed by atoms with Crippen molar-refractivity contribution in [2.75, 3.05) is 19.6 Å². The normalized spacial score (nSPS) is 23.0. The number of nitrogens with one attached hydrogen (secondary N) is 1. The lowest BCUT2D eigenvalue weighted by Gasteiger charge is -2.47. The fourth-order valence-electron chi connectivity index (χ4n) is 4.57. The van der Waals surface area contributed by atoms with Crippen LogP contribution in [0.15, 0.2) is 29.1 Å². The number of nitrogens with zero attached hydrogens (tertiary/aromatic N) is 5. The Bertz CT molecular complexity index is 755. The first-order valence-electron chi connectivity index (χ1n) is 10.6. The average molecular weight is 421 g/mol. The van der Waals surface area contributed by atoms with Gasteiger partial charge in [-0.15, -0.1) is 5.10 Å². The molecule has 0 saturated carbocycles. The van der Waals surface area contributed by atoms with E-state index < -0.39 is 0 Å². The van der Waals surface area contributed by atoms with Gasteiger partial charge in [0.1, 0.15) is 6.33 Å². The van der Waals surface area contributed by atoms with Crippen LogP contribution in [-0.2, 0) is 11.3 Å². The molecule has 1 N–H and O–H groups in total. The van der Waals surface area contributed by atoms with Crippen LogP contribution in [0.3, 0.4) is 0 Å². The van der Waals surface area contributed by atoms with Gasteiger partial charge in [-0.3, -0.25) is 4.79 Å². The predicted octanol–water partition coefficient (Wildman–Crippen LogP) is 3.00. The molecule has 1 aromatic rings. The van der Waals surface area contributed by atoms with Crippen LogP contribution in [-0.4, -0.2) is 56.7 Å². The topological polar surface area (TPSA) is 75.9 Å². The van der Waals surface area contributed by atoms with Crippen molar-refractivity contribution in [1.82, 2.24) is 30.4 Å². The first-order chi connectivity index (χ1) is 13.8. The number of amides is 1. The van der Waals surface area contributed by atoms with E-state index >= 15 is 0 Å². The second-order valence-electron chi connectivity index (χ2n) is 9.19. The molecule has 0 bridgehead atoms. The summed E-state index contributed by atoms with van der Waals surface area (Å²) in [5.74, 6) is 0.909. The highest BCUT2D eigenvalue weighted by molar-refractivity contribution is 6.29. The number of hydrogen-bond donors (Lipinski definition) is 1. The van der Waals surface area contributed by atoms with Crippen molar-refractivity contribution < 1.29 is 4.79 Å². The number of rotatable bonds is 7. The Kier molecular flexibility index (Phi) is 7.11. The molecule has 1 aliphatic carbocycles. The van der Waals surface area contributed by atoms with Crippen molar-refractivity contribution in [2.24, 2.45) is 17.3 Å². The Morgan fingerprint density at radius 2 is 2.14 bits per heavy atom. The van der Waals surface area contributed by atoms with Crippen LogP contribution in [0.5, 0.6) is 0 Å². The SMILES string of the molecule is CC(C)[C@@H](NCCn1cnnn1)C(=O)N1CCC(C2=CC=C(Cl)CC2)C(C)(C)C1. The lowest BCUT2D eigenvalue weighted by molar-refractivity contribution is -0.138. The number of likely N-dealkylation sites (tertiary alicyclic amines) is 1. The Hall–Kier alpha value is -1.73. The van der Waals surface area contributed by atoms with Gasteiger partial charge in [-0.1, -0.05) is 50.9 Å². The van der Waals surface area contributed by atoms with E-state index in [-0.39, 0.29) is 23.3 Å². The van der Waals surface area contributed by atoms with Gasteiger partial charge in [0, 0.05) is 24.7 Å². The van der Waals surface area contributed by atoms with E-state index in [1.165, 1.54) is 5.57 Å². The molecule has 160 valence electrons. The van der Waals surface area contributed by atoms with Gasteiger partial charge in [0.15, 0.2) is 0 Å². The summed E-state index contributed by atoms with van der Waals surface area (Å²) in [4.78, 5) is 15.4. The number of tetrazole rings is 1. The highest BCUT2D eigenvalue weighted by Gasteiger charge is 2.40. The Morgan fingerprint density at radius 1 is 1.34 bits per heavy atom. The first kappa shape index (κ1) is 22.0. The summed E-state index contributed by atoms with van der Waals surface area (Å²) in [6.45, 7) is 11.6. The summed E-state index contributed by atoms with van der Waals surface area (Å²) >= 11 is 6.14. The molecule has 2 heterocycles. The summed E-state index contributed by atoms with van der Waals surface area (Å²) in [6, 6.07) is -0.200. The van der Waals surface area contributed by atoms with Gasteiger partial charge < -0.3 is 10.2 Å². The van der Waals surface area contributed by atoms with E-state index in [2.05, 4.69) is 59.5 Å². The maximum absolute atomic E-state index is 13.3. The molecule has 0 aromatic carbocycles. The maximum atomic E-state index is 13.3. The van der Waals surface area contributed by atoms with Crippen molar-refractivity contribution in [2.45, 2.75) is 59.5 Å². The molecule has 1 fully saturated rings. The molecule has 1 saturated heterocycles. The Balaban J connectivity index is 1.61. The fourth-order valence-corrected chi connectivity index (χ4v) is 4.73. The van der Waals surface area contributed by atoms with E-state index in [1.54, 1.807) is 11.0 Å². The van der Waals surface area contributed by atoms with Crippen LogP contribution in [0.4, 0.5) is 0 Å². The van der Waals surface area contributed by atoms with Gasteiger partial charge in [-0.05, 0) is 53.0 Å². The number of carbonyl (C=O) groups excluding carboxylic acids is 1. The van der Waals surface area contributed by atoms with Crippen LogP contribution in [0.1, 0.15) is 47.0 Å². The van der Waals surface area contributed by atoms with E-state index in [1.807, 2.05) is 6.08 Å². The summed E-state index contributed by atoms with van der Waals surface area (Å²) < 4.78 is 1.67. The van der Waals surface area contributed by atoms with Gasteiger partial charge in [-0.25, -0.2) is 4.68 Å². The molecule has 1 amide bonds. The molecule has 8 heteroatoms. The van der Waals surface area contributed by atoms with Gasteiger partial charge >= 0.3 is 0 Å². The zero-order chi connectivity index (χ0) is 21.0. The van der Waals surface area contributed by atoms with Crippen LogP contribution in [0.2, 0.25) is 0 Å². The largest absolute Gasteiger partial charge is 0.341 e. The zero-order valence-electron chi connectivity index (χ0n) is 17.9. The Morgan fingerprint density at radius 3 is 2.72 bits per heavy atom. The van der Waals surface area contributed by atoms with E-state index in [9.17, 15) is 4.79 Å². The predicted molar refractivity (Wildman–Crippen MR) is 114 cm³/mol. The second-order valence-corrected chi connectivity index (χ2v) is 9.68. The summed E-state index contributed by atoms with van der Waals surface area (Å²) in [5, 5.41) is 15.5. The molecule has 1 aliphatic heterocycles. The lowest BCUT2D eigenvalue weighted by atomic mass is 9.68. The lowest BCUT2D eigenvalue weighted by Crippen LogP contribution is -2.55. The standard InChI is InChI=1S/C21H33ClN6O/c1-15(2)19(23-10-12-28-14-24-25-26-28)20(29)27-11-9-18(21(3,4)13-27)16-5-7-17(22)8-6-16/h5,7,14-15,18-19,23H,6,8-13H2,1-4H3/t18?,19-/m1/s1. The van der Waals surface area contributed by atoms with Gasteiger partial charge in [0.05, 0.1) is 12.6 Å². The number of hydrogen-bond acceptors (Lipinski definition) is 5. The minimum atomic E-state index is -0.200. The second kappa shape index (κ2) is 9.39. The molecule has 7 nitrogen and oxygen atoms in total. The van der Waals surface area contributed by atoms with Crippen molar-refractivity contribution in [1.29, 1.82) is 0 Å². The highest BCUT2D eigenvalue weighted by atomic mass is 35.5. The zero-order valence-corrected chi connectivity index (χ0v) is 18.7. The van der Waals surface area contributed by atoms with E-state index in [0.717, 1.165) is 37.4 Å². The van der Waals surface area contributed by atoms with Crippen molar-refractivity contribution in [3.05, 3.63) is 29.1 Å². The van der Waals surface area contributed by atoms with Crippen LogP contribution < -0.4 is 5.32 Å². The van der Waals surface area contributed by atoms with Gasteiger partial charge in [0.25, 0.3) is 0 Å². The van der Waals surface area contributed by atoms with Crippen LogP contribution in [0, 0.1) is 17.3 Å². The number of carbonyl (C=O) groups is 1. The molecule has 1 unspecified atom stereocenters. The molecule has 2 aliphatic rings. The molecular formula is C21H33ClN6O. The summed E-state index contributed by atoms with van der Waals surface area (Å²) in [6.07, 6.45) is 8.80. The van der Waals surface area contributed by atoms with Crippen molar-refractivity contribution in [3.63, 3.8) is 0 Å². The molecular weight excluding hydrogens is 388 g/mol. The van der Waals surface area contributed by atoms with Gasteiger partial charge in [-0.2, -0.15) is 0 Å². The molecule has 0 spiro atoms. The molecule has 1 aromatic heterocycles. The molecule has 2 atom stereocenters. The first-order valence-corrected chi connectivity index (χ1v) is 10.9. The van der Waals surface area contributed by atoms with E-state index in [4.69, 9.17) is 11.6 Å². The van der Waals surface area contributed by atoms with Crippen molar-refractivity contribution in [3.8, 4) is 0 Å². The van der Waals surface area contributed by atoms with Crippen LogP contribution >= 0.6 is 11.6 Å². The fraction of sp³-hybridized carbons (Fsp3) is 0.714. The average Bonchev–Trinajstić information content (AvgIpc) is 3.18. The number of aromatic nitrogens is 4. The smallest absolute Gasteiger partial charge is 0.239 e. The Labute approximate surface area is 178 Å². The van der Waals surface area contributed by atoms with Crippen molar-refractivity contribution >= 4 is 17.5 Å². The highest BCUT2D eigenvalue weighted by Crippen LogP contribution is 2.42. The third kappa shape index (κ3) is 5.45. The minimum Gasteiger partial charge on any atom is -0.341 e. The summed E-state index contributed by atoms with van der Waals surface area (Å²) in [5.41, 5.74) is 1.53. The monoisotopic (exact) mass is 420 g/mol. The molecule has 0 radical (unpaired) electrons. The summed E-state index contributed by atoms with van der Waals surface area (Å²) in [7, 11) is 0. The quantitative estimate of drug-likeness (QED) is 0.733. The number of allylic oxidation sites excluding steroid dienone is 4. The van der Waals surface area contributed by atoms with E-state index in [0.29, 0.717) is 19.0 Å². The minimum absolute atomic E-state index is 0.0470. The van der Waals surface area contributed by atoms with Gasteiger partial charge in [0.2, 0.25) is 5.91 Å².